The van der Waals surface area contributed by atoms with Crippen molar-refractivity contribution in [2.45, 2.75) is 26.3 Å². The Hall–Kier alpha value is -1.03. The quantitative estimate of drug-likeness (QED) is 0.792. The van der Waals surface area contributed by atoms with Crippen LogP contribution in [0.4, 0.5) is 0 Å². The molecular formula is C11H16ClN3O. The first kappa shape index (κ1) is 11.5. The molecule has 1 amide bonds. The van der Waals surface area contributed by atoms with E-state index in [1.807, 2.05) is 4.90 Å². The number of aromatic nitrogens is 2. The lowest BCUT2D eigenvalue weighted by molar-refractivity contribution is -0.133. The van der Waals surface area contributed by atoms with Crippen LogP contribution in [-0.2, 0) is 11.3 Å². The van der Waals surface area contributed by atoms with Crippen LogP contribution in [0.15, 0.2) is 12.4 Å². The van der Waals surface area contributed by atoms with Gasteiger partial charge in [-0.3, -0.25) is 9.48 Å². The van der Waals surface area contributed by atoms with Crippen molar-refractivity contribution >= 4 is 17.5 Å². The fourth-order valence-electron chi connectivity index (χ4n) is 1.92. The van der Waals surface area contributed by atoms with E-state index < -0.39 is 0 Å². The molecule has 0 atom stereocenters. The van der Waals surface area contributed by atoms with Crippen molar-refractivity contribution in [3.05, 3.63) is 17.4 Å². The van der Waals surface area contributed by atoms with Gasteiger partial charge in [-0.1, -0.05) is 18.5 Å². The van der Waals surface area contributed by atoms with Gasteiger partial charge in [0.05, 0.1) is 11.2 Å². The summed E-state index contributed by atoms with van der Waals surface area (Å²) in [5.41, 5.74) is 0. The minimum absolute atomic E-state index is 0.131. The lowest BCUT2D eigenvalue weighted by atomic mass is 9.99. The van der Waals surface area contributed by atoms with E-state index in [2.05, 4.69) is 12.0 Å². The number of hydrogen-bond acceptors (Lipinski definition) is 2. The lowest BCUT2D eigenvalue weighted by Crippen LogP contribution is -2.39. The Bertz CT molecular complexity index is 369. The van der Waals surface area contributed by atoms with Gasteiger partial charge >= 0.3 is 0 Å². The van der Waals surface area contributed by atoms with Gasteiger partial charge in [0.15, 0.2) is 0 Å². The number of rotatable bonds is 2. The smallest absolute Gasteiger partial charge is 0.244 e. The zero-order chi connectivity index (χ0) is 11.5. The molecule has 1 aromatic rings. The van der Waals surface area contributed by atoms with Crippen molar-refractivity contribution in [3.8, 4) is 0 Å². The molecule has 2 heterocycles. The third-order valence-corrected chi connectivity index (χ3v) is 3.23. The van der Waals surface area contributed by atoms with Gasteiger partial charge in [0.2, 0.25) is 5.91 Å². The normalized spacial score (nSPS) is 17.8. The second kappa shape index (κ2) is 4.87. The maximum Gasteiger partial charge on any atom is 0.244 e. The van der Waals surface area contributed by atoms with Gasteiger partial charge in [0, 0.05) is 19.3 Å². The molecule has 0 unspecified atom stereocenters. The third-order valence-electron chi connectivity index (χ3n) is 3.04. The minimum atomic E-state index is 0.131. The monoisotopic (exact) mass is 241 g/mol. The van der Waals surface area contributed by atoms with Crippen molar-refractivity contribution in [2.75, 3.05) is 13.1 Å². The second-order valence-corrected chi connectivity index (χ2v) is 4.86. The van der Waals surface area contributed by atoms with Crippen LogP contribution < -0.4 is 0 Å². The number of piperidine rings is 1. The van der Waals surface area contributed by atoms with Crippen molar-refractivity contribution in [3.63, 3.8) is 0 Å². The highest BCUT2D eigenvalue weighted by atomic mass is 35.5. The SMILES string of the molecule is CC1CCN(C(=O)Cn2cc(Cl)cn2)CC1. The molecular weight excluding hydrogens is 226 g/mol. The Morgan fingerprint density at radius 3 is 2.81 bits per heavy atom. The Labute approximate surface area is 100 Å². The molecule has 88 valence electrons. The van der Waals surface area contributed by atoms with Gasteiger partial charge in [-0.05, 0) is 18.8 Å². The van der Waals surface area contributed by atoms with E-state index in [9.17, 15) is 4.79 Å². The predicted octanol–water partition coefficient (Wildman–Crippen LogP) is 1.79. The molecule has 0 bridgehead atoms. The highest BCUT2D eigenvalue weighted by Crippen LogP contribution is 2.16. The molecule has 16 heavy (non-hydrogen) atoms. The van der Waals surface area contributed by atoms with E-state index in [0.717, 1.165) is 31.8 Å². The number of hydrogen-bond donors (Lipinski definition) is 0. The first-order valence-electron chi connectivity index (χ1n) is 5.61. The number of halogens is 1. The molecule has 1 saturated heterocycles. The van der Waals surface area contributed by atoms with Gasteiger partial charge in [-0.15, -0.1) is 0 Å². The molecule has 0 radical (unpaired) electrons. The van der Waals surface area contributed by atoms with Crippen molar-refractivity contribution < 1.29 is 4.79 Å². The fraction of sp³-hybridized carbons (Fsp3) is 0.636. The summed E-state index contributed by atoms with van der Waals surface area (Å²) in [5, 5.41) is 4.57. The summed E-state index contributed by atoms with van der Waals surface area (Å²) >= 11 is 5.74. The minimum Gasteiger partial charge on any atom is -0.341 e. The summed E-state index contributed by atoms with van der Waals surface area (Å²) in [4.78, 5) is 13.8. The van der Waals surface area contributed by atoms with E-state index in [4.69, 9.17) is 11.6 Å². The van der Waals surface area contributed by atoms with E-state index >= 15 is 0 Å². The number of carbonyl (C=O) groups is 1. The highest BCUT2D eigenvalue weighted by Gasteiger charge is 2.20. The summed E-state index contributed by atoms with van der Waals surface area (Å²) in [6.07, 6.45) is 5.43. The molecule has 0 aromatic carbocycles. The highest BCUT2D eigenvalue weighted by molar-refractivity contribution is 6.30. The lowest BCUT2D eigenvalue weighted by Gasteiger charge is -2.30. The summed E-state index contributed by atoms with van der Waals surface area (Å²) in [5.74, 6) is 0.870. The van der Waals surface area contributed by atoms with Gasteiger partial charge in [-0.2, -0.15) is 5.10 Å². The largest absolute Gasteiger partial charge is 0.341 e. The first-order chi connectivity index (χ1) is 7.65. The van der Waals surface area contributed by atoms with Crippen molar-refractivity contribution in [2.24, 2.45) is 5.92 Å². The molecule has 0 spiro atoms. The van der Waals surface area contributed by atoms with Crippen LogP contribution in [0.2, 0.25) is 5.02 Å². The zero-order valence-electron chi connectivity index (χ0n) is 9.40. The van der Waals surface area contributed by atoms with Gasteiger partial charge in [0.25, 0.3) is 0 Å². The molecule has 0 saturated carbocycles. The Balaban J connectivity index is 1.88. The van der Waals surface area contributed by atoms with E-state index in [0.29, 0.717) is 11.6 Å². The van der Waals surface area contributed by atoms with Crippen LogP contribution in [0.1, 0.15) is 19.8 Å². The molecule has 4 nitrogen and oxygen atoms in total. The summed E-state index contributed by atoms with van der Waals surface area (Å²) < 4.78 is 1.59. The standard InChI is InChI=1S/C11H16ClN3O/c1-9-2-4-14(5-3-9)11(16)8-15-7-10(12)6-13-15/h6-7,9H,2-5,8H2,1H3. The van der Waals surface area contributed by atoms with Crippen molar-refractivity contribution in [1.29, 1.82) is 0 Å². The topological polar surface area (TPSA) is 38.1 Å². The molecule has 1 aliphatic rings. The maximum atomic E-state index is 11.9. The van der Waals surface area contributed by atoms with Crippen molar-refractivity contribution in [1.82, 2.24) is 14.7 Å². The molecule has 1 aromatic heterocycles. The van der Waals surface area contributed by atoms with E-state index in [1.54, 1.807) is 17.1 Å². The fourth-order valence-corrected chi connectivity index (χ4v) is 2.08. The maximum absolute atomic E-state index is 11.9. The van der Waals surface area contributed by atoms with Crippen LogP contribution in [0.5, 0.6) is 0 Å². The molecule has 5 heteroatoms. The predicted molar refractivity (Wildman–Crippen MR) is 62.2 cm³/mol. The Morgan fingerprint density at radius 1 is 1.56 bits per heavy atom. The zero-order valence-corrected chi connectivity index (χ0v) is 10.2. The number of carbonyl (C=O) groups excluding carboxylic acids is 1. The second-order valence-electron chi connectivity index (χ2n) is 4.42. The van der Waals surface area contributed by atoms with Crippen LogP contribution in [0, 0.1) is 5.92 Å². The Kier molecular flexibility index (Phi) is 3.49. The van der Waals surface area contributed by atoms with Gasteiger partial charge in [-0.25, -0.2) is 0 Å². The number of amides is 1. The van der Waals surface area contributed by atoms with E-state index in [-0.39, 0.29) is 5.91 Å². The van der Waals surface area contributed by atoms with Crippen LogP contribution >= 0.6 is 11.6 Å². The molecule has 2 rings (SSSR count). The number of nitrogens with zero attached hydrogens (tertiary/aromatic N) is 3. The van der Waals surface area contributed by atoms with Gasteiger partial charge < -0.3 is 4.90 Å². The first-order valence-corrected chi connectivity index (χ1v) is 5.98. The van der Waals surface area contributed by atoms with Crippen LogP contribution in [0.25, 0.3) is 0 Å². The van der Waals surface area contributed by atoms with Crippen LogP contribution in [-0.4, -0.2) is 33.7 Å². The average molecular weight is 242 g/mol. The molecule has 0 N–H and O–H groups in total. The Morgan fingerprint density at radius 2 is 2.25 bits per heavy atom. The van der Waals surface area contributed by atoms with E-state index in [1.165, 1.54) is 0 Å². The summed E-state index contributed by atoms with van der Waals surface area (Å²) in [6.45, 7) is 4.26. The summed E-state index contributed by atoms with van der Waals surface area (Å²) in [6, 6.07) is 0. The van der Waals surface area contributed by atoms with Gasteiger partial charge in [0.1, 0.15) is 6.54 Å². The number of likely N-dealkylation sites (tertiary alicyclic amines) is 1. The third kappa shape index (κ3) is 2.76. The van der Waals surface area contributed by atoms with Crippen LogP contribution in [0.3, 0.4) is 0 Å². The summed E-state index contributed by atoms with van der Waals surface area (Å²) in [7, 11) is 0. The molecule has 1 aliphatic heterocycles. The molecule has 0 aliphatic carbocycles. The molecule has 1 fully saturated rings. The average Bonchev–Trinajstić information content (AvgIpc) is 2.65.